The summed E-state index contributed by atoms with van der Waals surface area (Å²) in [5, 5.41) is 4.04. The fourth-order valence-corrected chi connectivity index (χ4v) is 2.11. The number of ether oxygens (including phenoxy) is 1. The molecule has 0 aliphatic rings. The molecule has 0 saturated heterocycles. The Morgan fingerprint density at radius 3 is 2.64 bits per heavy atom. The molecule has 0 unspecified atom stereocenters. The second-order valence-electron chi connectivity index (χ2n) is 5.25. The number of carbonyl (C=O) groups excluding carboxylic acids is 2. The summed E-state index contributed by atoms with van der Waals surface area (Å²) >= 11 is 0. The van der Waals surface area contributed by atoms with E-state index in [0.29, 0.717) is 0 Å². The van der Waals surface area contributed by atoms with Crippen molar-refractivity contribution >= 4 is 11.9 Å². The van der Waals surface area contributed by atoms with Gasteiger partial charge in [0.25, 0.3) is 5.56 Å². The van der Waals surface area contributed by atoms with E-state index in [4.69, 9.17) is 4.74 Å². The van der Waals surface area contributed by atoms with E-state index in [9.17, 15) is 18.8 Å². The predicted molar refractivity (Wildman–Crippen MR) is 88.2 cm³/mol. The monoisotopic (exact) mass is 347 g/mol. The molecule has 1 amide bonds. The summed E-state index contributed by atoms with van der Waals surface area (Å²) in [5.41, 5.74) is -0.0416. The normalized spacial score (nSPS) is 10.4. The number of amides is 1. The molecule has 8 heteroatoms. The van der Waals surface area contributed by atoms with E-state index in [0.717, 1.165) is 9.58 Å². The summed E-state index contributed by atoms with van der Waals surface area (Å²) in [4.78, 5) is 36.6. The number of nitrogens with zero attached hydrogens (tertiary/aromatic N) is 3. The molecular formula is C17H18FN3O4. The predicted octanol–water partition coefficient (Wildman–Crippen LogP) is 1.07. The van der Waals surface area contributed by atoms with Gasteiger partial charge in [-0.05, 0) is 25.1 Å². The fourth-order valence-electron chi connectivity index (χ4n) is 2.11. The Hall–Kier alpha value is -3.03. The number of benzene rings is 1. The zero-order valence-corrected chi connectivity index (χ0v) is 13.9. The molecule has 0 aliphatic carbocycles. The molecule has 1 aromatic carbocycles. The first kappa shape index (κ1) is 18.3. The quantitative estimate of drug-likeness (QED) is 0.730. The minimum absolute atomic E-state index is 0.215. The standard InChI is InChI=1S/C17H18FN3O4/c1-3-25-17(24)11-20(2)16(23)10-21-15(22)9-8-14(19-21)12-6-4-5-7-13(12)18/h4-9H,3,10-11H2,1-2H3. The molecule has 2 rings (SSSR count). The van der Waals surface area contributed by atoms with Crippen molar-refractivity contribution < 1.29 is 18.7 Å². The lowest BCUT2D eigenvalue weighted by Crippen LogP contribution is -2.38. The van der Waals surface area contributed by atoms with Crippen LogP contribution in [0.25, 0.3) is 11.3 Å². The summed E-state index contributed by atoms with van der Waals surface area (Å²) in [5.74, 6) is -1.52. The second kappa shape index (κ2) is 8.18. The number of aromatic nitrogens is 2. The average molecular weight is 347 g/mol. The highest BCUT2D eigenvalue weighted by Crippen LogP contribution is 2.18. The summed E-state index contributed by atoms with van der Waals surface area (Å²) in [6.07, 6.45) is 0. The first-order valence-corrected chi connectivity index (χ1v) is 7.65. The largest absolute Gasteiger partial charge is 0.465 e. The zero-order chi connectivity index (χ0) is 18.4. The van der Waals surface area contributed by atoms with Crippen molar-refractivity contribution in [3.8, 4) is 11.3 Å². The van der Waals surface area contributed by atoms with E-state index >= 15 is 0 Å². The van der Waals surface area contributed by atoms with Crippen LogP contribution in [0.4, 0.5) is 4.39 Å². The van der Waals surface area contributed by atoms with Crippen molar-refractivity contribution in [1.82, 2.24) is 14.7 Å². The summed E-state index contributed by atoms with van der Waals surface area (Å²) in [7, 11) is 1.42. The molecule has 1 heterocycles. The topological polar surface area (TPSA) is 81.5 Å². The van der Waals surface area contributed by atoms with Crippen LogP contribution in [-0.4, -0.2) is 46.8 Å². The fraction of sp³-hybridized carbons (Fsp3) is 0.294. The second-order valence-corrected chi connectivity index (χ2v) is 5.25. The Kier molecular flexibility index (Phi) is 5.99. The minimum Gasteiger partial charge on any atom is -0.465 e. The Labute approximate surface area is 143 Å². The molecular weight excluding hydrogens is 329 g/mol. The van der Waals surface area contributed by atoms with Crippen molar-refractivity contribution in [1.29, 1.82) is 0 Å². The van der Waals surface area contributed by atoms with Crippen molar-refractivity contribution in [2.45, 2.75) is 13.5 Å². The van der Waals surface area contributed by atoms with Gasteiger partial charge >= 0.3 is 5.97 Å². The van der Waals surface area contributed by atoms with Crippen molar-refractivity contribution in [3.63, 3.8) is 0 Å². The molecule has 0 fully saturated rings. The summed E-state index contributed by atoms with van der Waals surface area (Å²) in [6.45, 7) is 1.29. The zero-order valence-electron chi connectivity index (χ0n) is 13.9. The van der Waals surface area contributed by atoms with E-state index in [2.05, 4.69) is 5.10 Å². The van der Waals surface area contributed by atoms with Gasteiger partial charge in [-0.1, -0.05) is 12.1 Å². The Morgan fingerprint density at radius 1 is 1.24 bits per heavy atom. The molecule has 1 aromatic heterocycles. The maximum absolute atomic E-state index is 13.9. The number of halogens is 1. The lowest BCUT2D eigenvalue weighted by atomic mass is 10.1. The highest BCUT2D eigenvalue weighted by molar-refractivity contribution is 5.81. The first-order chi connectivity index (χ1) is 11.9. The van der Waals surface area contributed by atoms with Gasteiger partial charge in [0.1, 0.15) is 18.9 Å². The molecule has 0 radical (unpaired) electrons. The van der Waals surface area contributed by atoms with Crippen LogP contribution in [0, 0.1) is 5.82 Å². The first-order valence-electron chi connectivity index (χ1n) is 7.65. The highest BCUT2D eigenvalue weighted by atomic mass is 19.1. The van der Waals surface area contributed by atoms with Crippen LogP contribution >= 0.6 is 0 Å². The Bertz CT molecular complexity index is 835. The number of carbonyl (C=O) groups is 2. The molecule has 0 N–H and O–H groups in total. The third-order valence-electron chi connectivity index (χ3n) is 3.40. The van der Waals surface area contributed by atoms with E-state index in [1.54, 1.807) is 19.1 Å². The van der Waals surface area contributed by atoms with Crippen molar-refractivity contribution in [3.05, 3.63) is 52.6 Å². The molecule has 2 aromatic rings. The lowest BCUT2D eigenvalue weighted by Gasteiger charge is -2.16. The van der Waals surface area contributed by atoms with Gasteiger partial charge in [0, 0.05) is 18.7 Å². The average Bonchev–Trinajstić information content (AvgIpc) is 2.57. The van der Waals surface area contributed by atoms with E-state index < -0.39 is 23.3 Å². The van der Waals surface area contributed by atoms with Gasteiger partial charge in [0.2, 0.25) is 5.91 Å². The van der Waals surface area contributed by atoms with Gasteiger partial charge in [0.15, 0.2) is 0 Å². The summed E-state index contributed by atoms with van der Waals surface area (Å²) < 4.78 is 19.6. The van der Waals surface area contributed by atoms with E-state index in [1.807, 2.05) is 0 Å². The maximum Gasteiger partial charge on any atom is 0.325 e. The smallest absolute Gasteiger partial charge is 0.325 e. The van der Waals surface area contributed by atoms with E-state index in [-0.39, 0.29) is 31.0 Å². The highest BCUT2D eigenvalue weighted by Gasteiger charge is 2.16. The molecule has 0 saturated carbocycles. The van der Waals surface area contributed by atoms with Crippen LogP contribution in [-0.2, 0) is 20.9 Å². The van der Waals surface area contributed by atoms with Crippen LogP contribution in [0.3, 0.4) is 0 Å². The van der Waals surface area contributed by atoms with Gasteiger partial charge in [-0.25, -0.2) is 9.07 Å². The van der Waals surface area contributed by atoms with Crippen molar-refractivity contribution in [2.24, 2.45) is 0 Å². The van der Waals surface area contributed by atoms with Crippen LogP contribution in [0.5, 0.6) is 0 Å². The molecule has 132 valence electrons. The van der Waals surface area contributed by atoms with Gasteiger partial charge < -0.3 is 9.64 Å². The third-order valence-corrected chi connectivity index (χ3v) is 3.40. The Morgan fingerprint density at radius 2 is 1.96 bits per heavy atom. The number of likely N-dealkylation sites (N-methyl/N-ethyl adjacent to an activating group) is 1. The lowest BCUT2D eigenvalue weighted by molar-refractivity contribution is -0.148. The van der Waals surface area contributed by atoms with Crippen LogP contribution in [0.2, 0.25) is 0 Å². The SMILES string of the molecule is CCOC(=O)CN(C)C(=O)Cn1nc(-c2ccccc2F)ccc1=O. The number of hydrogen-bond donors (Lipinski definition) is 0. The summed E-state index contributed by atoms with van der Waals surface area (Å²) in [6, 6.07) is 8.61. The molecule has 0 atom stereocenters. The third kappa shape index (κ3) is 4.72. The number of hydrogen-bond acceptors (Lipinski definition) is 5. The number of esters is 1. The van der Waals surface area contributed by atoms with Crippen LogP contribution in [0.1, 0.15) is 6.92 Å². The van der Waals surface area contributed by atoms with Gasteiger partial charge in [-0.2, -0.15) is 5.10 Å². The minimum atomic E-state index is -0.543. The molecule has 0 spiro atoms. The van der Waals surface area contributed by atoms with Gasteiger partial charge in [-0.3, -0.25) is 14.4 Å². The van der Waals surface area contributed by atoms with Gasteiger partial charge in [-0.15, -0.1) is 0 Å². The van der Waals surface area contributed by atoms with Crippen LogP contribution in [0.15, 0.2) is 41.2 Å². The molecule has 7 nitrogen and oxygen atoms in total. The number of rotatable bonds is 6. The molecule has 0 aliphatic heterocycles. The van der Waals surface area contributed by atoms with Crippen LogP contribution < -0.4 is 5.56 Å². The van der Waals surface area contributed by atoms with Crippen molar-refractivity contribution in [2.75, 3.05) is 20.2 Å². The Balaban J connectivity index is 2.18. The molecule has 0 bridgehead atoms. The maximum atomic E-state index is 13.9. The molecule has 25 heavy (non-hydrogen) atoms. The van der Waals surface area contributed by atoms with Gasteiger partial charge in [0.05, 0.1) is 12.3 Å². The van der Waals surface area contributed by atoms with E-state index in [1.165, 1.54) is 31.3 Å².